The number of carboxylic acid groups (broad SMARTS) is 1. The van der Waals surface area contributed by atoms with Crippen LogP contribution in [-0.2, 0) is 16.1 Å². The van der Waals surface area contributed by atoms with Crippen molar-refractivity contribution in [3.63, 3.8) is 0 Å². The Morgan fingerprint density at radius 1 is 1.33 bits per heavy atom. The van der Waals surface area contributed by atoms with E-state index in [2.05, 4.69) is 10.6 Å². The Labute approximate surface area is 122 Å². The van der Waals surface area contributed by atoms with E-state index < -0.39 is 24.0 Å². The minimum atomic E-state index is -0.965. The van der Waals surface area contributed by atoms with Gasteiger partial charge in [-0.05, 0) is 17.7 Å². The van der Waals surface area contributed by atoms with E-state index in [1.165, 1.54) is 0 Å². The average molecular weight is 294 g/mol. The molecule has 7 nitrogen and oxygen atoms in total. The molecule has 2 amide bonds. The number of hydrogen-bond acceptors (Lipinski definition) is 4. The zero-order valence-corrected chi connectivity index (χ0v) is 11.7. The van der Waals surface area contributed by atoms with E-state index in [0.717, 1.165) is 11.3 Å². The van der Waals surface area contributed by atoms with Gasteiger partial charge in [0.15, 0.2) is 0 Å². The number of carboxylic acids is 1. The second-order valence-electron chi connectivity index (χ2n) is 4.76. The molecule has 0 aromatic heterocycles. The predicted octanol–water partition coefficient (Wildman–Crippen LogP) is 0.594. The Morgan fingerprint density at radius 3 is 2.67 bits per heavy atom. The van der Waals surface area contributed by atoms with E-state index in [9.17, 15) is 9.59 Å². The highest BCUT2D eigenvalue weighted by Gasteiger charge is 2.34. The molecule has 0 radical (unpaired) electrons. The molecule has 2 atom stereocenters. The molecule has 1 saturated heterocycles. The highest BCUT2D eigenvalue weighted by Crippen LogP contribution is 2.14. The van der Waals surface area contributed by atoms with Crippen molar-refractivity contribution in [2.24, 2.45) is 5.92 Å². The first-order chi connectivity index (χ1) is 10.1. The second kappa shape index (κ2) is 6.94. The van der Waals surface area contributed by atoms with Gasteiger partial charge >= 0.3 is 12.0 Å². The van der Waals surface area contributed by atoms with Crippen LogP contribution in [0.5, 0.6) is 5.75 Å². The summed E-state index contributed by atoms with van der Waals surface area (Å²) < 4.78 is 10.1. The number of hydrogen-bond donors (Lipinski definition) is 3. The zero-order valence-electron chi connectivity index (χ0n) is 11.7. The third-order valence-corrected chi connectivity index (χ3v) is 3.33. The fraction of sp³-hybridized carbons (Fsp3) is 0.429. The molecule has 0 aliphatic carbocycles. The molecular weight excluding hydrogens is 276 g/mol. The lowest BCUT2D eigenvalue weighted by Gasteiger charge is -2.16. The lowest BCUT2D eigenvalue weighted by Crippen LogP contribution is -2.47. The van der Waals surface area contributed by atoms with Crippen LogP contribution in [0.3, 0.4) is 0 Å². The Bertz CT molecular complexity index is 503. The summed E-state index contributed by atoms with van der Waals surface area (Å²) in [5.41, 5.74) is 0.920. The van der Waals surface area contributed by atoms with Crippen molar-refractivity contribution < 1.29 is 24.2 Å². The van der Waals surface area contributed by atoms with Gasteiger partial charge in [0.05, 0.1) is 26.4 Å². The average Bonchev–Trinajstić information content (AvgIpc) is 2.94. The minimum absolute atomic E-state index is 0.124. The summed E-state index contributed by atoms with van der Waals surface area (Å²) in [6, 6.07) is 6.39. The van der Waals surface area contributed by atoms with E-state index in [1.807, 2.05) is 12.1 Å². The lowest BCUT2D eigenvalue weighted by molar-refractivity contribution is -0.142. The molecule has 1 heterocycles. The van der Waals surface area contributed by atoms with Crippen LogP contribution in [0.15, 0.2) is 24.3 Å². The van der Waals surface area contributed by atoms with Crippen molar-refractivity contribution in [1.82, 2.24) is 10.6 Å². The van der Waals surface area contributed by atoms with Crippen molar-refractivity contribution in [1.29, 1.82) is 0 Å². The van der Waals surface area contributed by atoms with E-state index in [1.54, 1.807) is 19.2 Å². The number of carbonyl (C=O) groups excluding carboxylic acids is 1. The number of amides is 2. The SMILES string of the molecule is COc1ccc(CNC(=O)NC2COCC2C(=O)O)cc1. The first-order valence-corrected chi connectivity index (χ1v) is 6.58. The highest BCUT2D eigenvalue weighted by molar-refractivity contribution is 5.77. The van der Waals surface area contributed by atoms with Crippen molar-refractivity contribution in [3.8, 4) is 5.75 Å². The maximum Gasteiger partial charge on any atom is 0.315 e. The predicted molar refractivity (Wildman–Crippen MR) is 74.1 cm³/mol. The molecule has 0 bridgehead atoms. The van der Waals surface area contributed by atoms with Gasteiger partial charge in [-0.1, -0.05) is 12.1 Å². The van der Waals surface area contributed by atoms with Crippen LogP contribution in [-0.4, -0.2) is 43.5 Å². The summed E-state index contributed by atoms with van der Waals surface area (Å²) in [4.78, 5) is 22.7. The largest absolute Gasteiger partial charge is 0.497 e. The van der Waals surface area contributed by atoms with E-state index in [0.29, 0.717) is 6.54 Å². The molecule has 0 saturated carbocycles. The molecule has 1 fully saturated rings. The number of methoxy groups -OCH3 is 1. The monoisotopic (exact) mass is 294 g/mol. The highest BCUT2D eigenvalue weighted by atomic mass is 16.5. The molecule has 7 heteroatoms. The standard InChI is InChI=1S/C14H18N2O5/c1-20-10-4-2-9(3-5-10)6-15-14(19)16-12-8-21-7-11(12)13(17)18/h2-5,11-12H,6-8H2,1H3,(H,17,18)(H2,15,16,19). The maximum atomic E-state index is 11.8. The van der Waals surface area contributed by atoms with Gasteiger partial charge in [-0.2, -0.15) is 0 Å². The second-order valence-corrected chi connectivity index (χ2v) is 4.76. The molecule has 114 valence electrons. The zero-order chi connectivity index (χ0) is 15.2. The summed E-state index contributed by atoms with van der Waals surface area (Å²) in [6.45, 7) is 0.687. The Kier molecular flexibility index (Phi) is 4.99. The van der Waals surface area contributed by atoms with E-state index >= 15 is 0 Å². The van der Waals surface area contributed by atoms with Crippen LogP contribution in [0.4, 0.5) is 4.79 Å². The Morgan fingerprint density at radius 2 is 2.05 bits per heavy atom. The molecule has 1 aliphatic heterocycles. The van der Waals surface area contributed by atoms with Gasteiger partial charge in [0.25, 0.3) is 0 Å². The van der Waals surface area contributed by atoms with Crippen LogP contribution in [0.2, 0.25) is 0 Å². The van der Waals surface area contributed by atoms with Crippen molar-refractivity contribution in [3.05, 3.63) is 29.8 Å². The number of ether oxygens (including phenoxy) is 2. The summed E-state index contributed by atoms with van der Waals surface area (Å²) >= 11 is 0. The Hall–Kier alpha value is -2.28. The molecule has 3 N–H and O–H groups in total. The van der Waals surface area contributed by atoms with E-state index in [-0.39, 0.29) is 13.2 Å². The first kappa shape index (κ1) is 15.1. The van der Waals surface area contributed by atoms with Crippen molar-refractivity contribution >= 4 is 12.0 Å². The number of rotatable bonds is 5. The lowest BCUT2D eigenvalue weighted by atomic mass is 10.0. The molecule has 1 aromatic rings. The topological polar surface area (TPSA) is 96.9 Å². The number of aliphatic carboxylic acids is 1. The van der Waals surface area contributed by atoms with Gasteiger partial charge < -0.3 is 25.2 Å². The maximum absolute atomic E-state index is 11.8. The minimum Gasteiger partial charge on any atom is -0.497 e. The van der Waals surface area contributed by atoms with Gasteiger partial charge in [0.1, 0.15) is 11.7 Å². The molecular formula is C14H18N2O5. The van der Waals surface area contributed by atoms with Gasteiger partial charge in [0.2, 0.25) is 0 Å². The summed E-state index contributed by atoms with van der Waals surface area (Å²) in [5, 5.41) is 14.3. The van der Waals surface area contributed by atoms with Crippen LogP contribution < -0.4 is 15.4 Å². The van der Waals surface area contributed by atoms with Gasteiger partial charge in [-0.3, -0.25) is 4.79 Å². The number of nitrogens with one attached hydrogen (secondary N) is 2. The van der Waals surface area contributed by atoms with Crippen LogP contribution in [0.1, 0.15) is 5.56 Å². The number of benzene rings is 1. The van der Waals surface area contributed by atoms with Gasteiger partial charge in [-0.15, -0.1) is 0 Å². The first-order valence-electron chi connectivity index (χ1n) is 6.58. The molecule has 2 rings (SSSR count). The molecule has 1 aromatic carbocycles. The fourth-order valence-electron chi connectivity index (χ4n) is 2.09. The number of urea groups is 1. The van der Waals surface area contributed by atoms with Crippen LogP contribution in [0.25, 0.3) is 0 Å². The van der Waals surface area contributed by atoms with Crippen molar-refractivity contribution in [2.45, 2.75) is 12.6 Å². The number of carbonyl (C=O) groups is 2. The molecule has 21 heavy (non-hydrogen) atoms. The molecule has 0 spiro atoms. The quantitative estimate of drug-likeness (QED) is 0.738. The third kappa shape index (κ3) is 4.09. The smallest absolute Gasteiger partial charge is 0.315 e. The van der Waals surface area contributed by atoms with Crippen LogP contribution >= 0.6 is 0 Å². The van der Waals surface area contributed by atoms with Crippen LogP contribution in [0, 0.1) is 5.92 Å². The summed E-state index contributed by atoms with van der Waals surface area (Å²) in [6.07, 6.45) is 0. The van der Waals surface area contributed by atoms with E-state index in [4.69, 9.17) is 14.6 Å². The normalized spacial score (nSPS) is 20.8. The fourth-order valence-corrected chi connectivity index (χ4v) is 2.09. The van der Waals surface area contributed by atoms with Gasteiger partial charge in [0, 0.05) is 6.54 Å². The van der Waals surface area contributed by atoms with Crippen molar-refractivity contribution in [2.75, 3.05) is 20.3 Å². The summed E-state index contributed by atoms with van der Waals surface area (Å²) in [5.74, 6) is -0.916. The van der Waals surface area contributed by atoms with Gasteiger partial charge in [-0.25, -0.2) is 4.79 Å². The molecule has 2 unspecified atom stereocenters. The summed E-state index contributed by atoms with van der Waals surface area (Å²) in [7, 11) is 1.59. The Balaban J connectivity index is 1.80. The third-order valence-electron chi connectivity index (χ3n) is 3.33. The molecule has 1 aliphatic rings.